The summed E-state index contributed by atoms with van der Waals surface area (Å²) in [6, 6.07) is 19.6. The smallest absolute Gasteiger partial charge is 0.253 e. The second-order valence-corrected chi connectivity index (χ2v) is 8.06. The van der Waals surface area contributed by atoms with E-state index in [4.69, 9.17) is 0 Å². The number of aryl methyl sites for hydroxylation is 1. The van der Waals surface area contributed by atoms with Crippen LogP contribution in [0.25, 0.3) is 21.8 Å². The van der Waals surface area contributed by atoms with Crippen LogP contribution in [-0.4, -0.2) is 27.9 Å². The van der Waals surface area contributed by atoms with Gasteiger partial charge in [0.2, 0.25) is 5.91 Å². The number of amides is 2. The van der Waals surface area contributed by atoms with Crippen molar-refractivity contribution in [3.8, 4) is 0 Å². The standard InChI is InChI=1S/C25H24N4O2/c1-16-27-21-8-4-5-9-23(21)29(16)13-12-26-25(31)20-14-18-6-2-3-7-19(18)15-22(20)28-24(30)17-10-11-17/h2-9,14-15,17H,10-13H2,1H3,(H,26,31)(H,28,30). The molecule has 0 radical (unpaired) electrons. The number of anilines is 1. The first-order chi connectivity index (χ1) is 15.1. The molecule has 1 aliphatic rings. The van der Waals surface area contributed by atoms with Crippen molar-refractivity contribution in [2.45, 2.75) is 26.3 Å². The highest BCUT2D eigenvalue weighted by Gasteiger charge is 2.30. The van der Waals surface area contributed by atoms with Crippen molar-refractivity contribution in [1.82, 2.24) is 14.9 Å². The first-order valence-electron chi connectivity index (χ1n) is 10.6. The van der Waals surface area contributed by atoms with Gasteiger partial charge in [0.1, 0.15) is 5.82 Å². The Morgan fingerprint density at radius 1 is 1.03 bits per heavy atom. The summed E-state index contributed by atoms with van der Waals surface area (Å²) < 4.78 is 2.10. The number of benzene rings is 3. The van der Waals surface area contributed by atoms with E-state index >= 15 is 0 Å². The second kappa shape index (κ2) is 7.87. The lowest BCUT2D eigenvalue weighted by Gasteiger charge is -2.14. The summed E-state index contributed by atoms with van der Waals surface area (Å²) >= 11 is 0. The summed E-state index contributed by atoms with van der Waals surface area (Å²) in [6.07, 6.45) is 1.83. The van der Waals surface area contributed by atoms with Crippen LogP contribution in [0.1, 0.15) is 29.0 Å². The van der Waals surface area contributed by atoms with Gasteiger partial charge >= 0.3 is 0 Å². The molecular formula is C25H24N4O2. The van der Waals surface area contributed by atoms with Crippen LogP contribution in [0.2, 0.25) is 0 Å². The Balaban J connectivity index is 1.36. The minimum Gasteiger partial charge on any atom is -0.350 e. The lowest BCUT2D eigenvalue weighted by Crippen LogP contribution is -2.28. The molecule has 6 heteroatoms. The van der Waals surface area contributed by atoms with Gasteiger partial charge in [0.05, 0.1) is 22.3 Å². The van der Waals surface area contributed by atoms with E-state index in [1.807, 2.05) is 67.6 Å². The zero-order valence-corrected chi connectivity index (χ0v) is 17.4. The molecule has 156 valence electrons. The molecule has 3 aromatic carbocycles. The molecule has 1 aromatic heterocycles. The fourth-order valence-corrected chi connectivity index (χ4v) is 3.97. The number of hydrogen-bond donors (Lipinski definition) is 2. The van der Waals surface area contributed by atoms with E-state index in [-0.39, 0.29) is 17.7 Å². The van der Waals surface area contributed by atoms with Gasteiger partial charge in [0.15, 0.2) is 0 Å². The summed E-state index contributed by atoms with van der Waals surface area (Å²) in [5.74, 6) is 0.780. The maximum absolute atomic E-state index is 13.1. The van der Waals surface area contributed by atoms with Gasteiger partial charge in [-0.25, -0.2) is 4.98 Å². The van der Waals surface area contributed by atoms with Gasteiger partial charge in [-0.1, -0.05) is 36.4 Å². The number of carbonyl (C=O) groups is 2. The largest absolute Gasteiger partial charge is 0.350 e. The highest BCUT2D eigenvalue weighted by atomic mass is 16.2. The molecule has 5 rings (SSSR count). The minimum absolute atomic E-state index is 0.00941. The van der Waals surface area contributed by atoms with Gasteiger partial charge in [0, 0.05) is 19.0 Å². The Kier molecular flexibility index (Phi) is 4.90. The van der Waals surface area contributed by atoms with Crippen molar-refractivity contribution in [3.63, 3.8) is 0 Å². The van der Waals surface area contributed by atoms with Gasteiger partial charge in [0.25, 0.3) is 5.91 Å². The van der Waals surface area contributed by atoms with Crippen LogP contribution in [0.4, 0.5) is 5.69 Å². The summed E-state index contributed by atoms with van der Waals surface area (Å²) in [5, 5.41) is 7.94. The van der Waals surface area contributed by atoms with E-state index in [0.29, 0.717) is 24.3 Å². The highest BCUT2D eigenvalue weighted by molar-refractivity contribution is 6.08. The molecular weight excluding hydrogens is 388 g/mol. The third-order valence-electron chi connectivity index (χ3n) is 5.80. The highest BCUT2D eigenvalue weighted by Crippen LogP contribution is 2.32. The number of nitrogens with zero attached hydrogens (tertiary/aromatic N) is 2. The lowest BCUT2D eigenvalue weighted by molar-refractivity contribution is -0.117. The Morgan fingerprint density at radius 3 is 2.52 bits per heavy atom. The molecule has 0 saturated heterocycles. The first-order valence-corrected chi connectivity index (χ1v) is 10.6. The number of para-hydroxylation sites is 2. The molecule has 1 heterocycles. The van der Waals surface area contributed by atoms with Crippen LogP contribution in [0.15, 0.2) is 60.7 Å². The molecule has 2 amide bonds. The molecule has 31 heavy (non-hydrogen) atoms. The van der Waals surface area contributed by atoms with Gasteiger partial charge in [-0.05, 0) is 54.8 Å². The van der Waals surface area contributed by atoms with Crippen LogP contribution in [0.5, 0.6) is 0 Å². The fourth-order valence-electron chi connectivity index (χ4n) is 3.97. The van der Waals surface area contributed by atoms with Crippen molar-refractivity contribution in [2.24, 2.45) is 5.92 Å². The molecule has 2 N–H and O–H groups in total. The van der Waals surface area contributed by atoms with E-state index < -0.39 is 0 Å². The van der Waals surface area contributed by atoms with Crippen LogP contribution in [0.3, 0.4) is 0 Å². The Hall–Kier alpha value is -3.67. The molecule has 0 spiro atoms. The van der Waals surface area contributed by atoms with E-state index in [9.17, 15) is 9.59 Å². The van der Waals surface area contributed by atoms with Crippen LogP contribution in [0, 0.1) is 12.8 Å². The number of aromatic nitrogens is 2. The maximum atomic E-state index is 13.1. The number of fused-ring (bicyclic) bond motifs is 2. The van der Waals surface area contributed by atoms with Crippen molar-refractivity contribution in [3.05, 3.63) is 72.1 Å². The zero-order valence-electron chi connectivity index (χ0n) is 17.4. The quantitative estimate of drug-likeness (QED) is 0.496. The van der Waals surface area contributed by atoms with E-state index in [0.717, 1.165) is 40.5 Å². The molecule has 0 aliphatic heterocycles. The number of nitrogens with one attached hydrogen (secondary N) is 2. The van der Waals surface area contributed by atoms with Gasteiger partial charge in [-0.3, -0.25) is 9.59 Å². The lowest BCUT2D eigenvalue weighted by atomic mass is 10.0. The average Bonchev–Trinajstić information content (AvgIpc) is 3.58. The first kappa shape index (κ1) is 19.3. The van der Waals surface area contributed by atoms with Gasteiger partial charge < -0.3 is 15.2 Å². The molecule has 1 saturated carbocycles. The predicted molar refractivity (Wildman–Crippen MR) is 122 cm³/mol. The average molecular weight is 412 g/mol. The molecule has 1 fully saturated rings. The predicted octanol–water partition coefficient (Wildman–Crippen LogP) is 4.28. The molecule has 0 unspecified atom stereocenters. The fraction of sp³-hybridized carbons (Fsp3) is 0.240. The minimum atomic E-state index is -0.195. The molecule has 4 aromatic rings. The number of rotatable bonds is 6. The Bertz CT molecular complexity index is 1300. The van der Waals surface area contributed by atoms with Crippen LogP contribution in [-0.2, 0) is 11.3 Å². The molecule has 0 atom stereocenters. The third kappa shape index (κ3) is 3.89. The Morgan fingerprint density at radius 2 is 1.74 bits per heavy atom. The van der Waals surface area contributed by atoms with Crippen molar-refractivity contribution in [2.75, 3.05) is 11.9 Å². The number of imidazole rings is 1. The van der Waals surface area contributed by atoms with E-state index in [1.54, 1.807) is 0 Å². The summed E-state index contributed by atoms with van der Waals surface area (Å²) in [7, 11) is 0. The van der Waals surface area contributed by atoms with E-state index in [1.165, 1.54) is 0 Å². The SMILES string of the molecule is Cc1nc2ccccc2n1CCNC(=O)c1cc2ccccc2cc1NC(=O)C1CC1. The maximum Gasteiger partial charge on any atom is 0.253 e. The Labute approximate surface area is 180 Å². The zero-order chi connectivity index (χ0) is 21.4. The third-order valence-corrected chi connectivity index (χ3v) is 5.80. The number of carbonyl (C=O) groups excluding carboxylic acids is 2. The van der Waals surface area contributed by atoms with Crippen LogP contribution >= 0.6 is 0 Å². The second-order valence-electron chi connectivity index (χ2n) is 8.06. The number of hydrogen-bond acceptors (Lipinski definition) is 3. The molecule has 1 aliphatic carbocycles. The van der Waals surface area contributed by atoms with E-state index in [2.05, 4.69) is 20.2 Å². The van der Waals surface area contributed by atoms with Gasteiger partial charge in [-0.15, -0.1) is 0 Å². The molecule has 6 nitrogen and oxygen atoms in total. The van der Waals surface area contributed by atoms with Crippen molar-refractivity contribution < 1.29 is 9.59 Å². The van der Waals surface area contributed by atoms with Gasteiger partial charge in [-0.2, -0.15) is 0 Å². The molecule has 0 bridgehead atoms. The topological polar surface area (TPSA) is 76.0 Å². The van der Waals surface area contributed by atoms with Crippen molar-refractivity contribution in [1.29, 1.82) is 0 Å². The van der Waals surface area contributed by atoms with Crippen molar-refractivity contribution >= 4 is 39.3 Å². The summed E-state index contributed by atoms with van der Waals surface area (Å²) in [5.41, 5.74) is 3.06. The monoisotopic (exact) mass is 412 g/mol. The summed E-state index contributed by atoms with van der Waals surface area (Å²) in [4.78, 5) is 30.0. The van der Waals surface area contributed by atoms with Crippen LogP contribution < -0.4 is 10.6 Å². The summed E-state index contributed by atoms with van der Waals surface area (Å²) in [6.45, 7) is 3.05. The normalized spacial score (nSPS) is 13.5.